The Labute approximate surface area is 172 Å². The summed E-state index contributed by atoms with van der Waals surface area (Å²) in [6.45, 7) is 2.02. The zero-order valence-electron chi connectivity index (χ0n) is 15.3. The van der Waals surface area contributed by atoms with Gasteiger partial charge in [0.2, 0.25) is 0 Å². The van der Waals surface area contributed by atoms with Gasteiger partial charge in [0.25, 0.3) is 0 Å². The summed E-state index contributed by atoms with van der Waals surface area (Å²) in [5, 5.41) is 13.6. The summed E-state index contributed by atoms with van der Waals surface area (Å²) in [6.07, 6.45) is 3.45. The molecule has 3 rings (SSSR count). The van der Waals surface area contributed by atoms with E-state index in [2.05, 4.69) is 20.9 Å². The second kappa shape index (κ2) is 9.82. The molecule has 1 aromatic carbocycles. The number of benzene rings is 1. The number of pyridine rings is 1. The van der Waals surface area contributed by atoms with E-state index in [1.165, 1.54) is 11.3 Å². The van der Waals surface area contributed by atoms with Crippen molar-refractivity contribution >= 4 is 51.2 Å². The number of nitrogens with one attached hydrogen (secondary N) is 3. The van der Waals surface area contributed by atoms with Crippen LogP contribution < -0.4 is 21.7 Å². The van der Waals surface area contributed by atoms with Crippen LogP contribution in [0, 0.1) is 6.92 Å². The minimum atomic E-state index is -0.265. The van der Waals surface area contributed by atoms with Gasteiger partial charge in [-0.2, -0.15) is 0 Å². The molecule has 0 saturated heterocycles. The van der Waals surface area contributed by atoms with Crippen LogP contribution in [0.2, 0.25) is 0 Å². The summed E-state index contributed by atoms with van der Waals surface area (Å²) in [7, 11) is 0. The van der Waals surface area contributed by atoms with E-state index in [1.54, 1.807) is 24.2 Å². The molecule has 3 aromatic rings. The average Bonchev–Trinajstić information content (AvgIpc) is 3.20. The predicted molar refractivity (Wildman–Crippen MR) is 121 cm³/mol. The highest BCUT2D eigenvalue weighted by atomic mass is 32.2. The Morgan fingerprint density at radius 3 is 2.89 bits per heavy atom. The van der Waals surface area contributed by atoms with Crippen molar-refractivity contribution in [2.24, 2.45) is 5.73 Å². The van der Waals surface area contributed by atoms with E-state index in [4.69, 9.17) is 5.73 Å². The Morgan fingerprint density at radius 1 is 1.25 bits per heavy atom. The highest BCUT2D eigenvalue weighted by Crippen LogP contribution is 2.22. The molecule has 2 heterocycles. The number of carbonyl (C=O) groups is 1. The molecule has 8 heteroatoms. The van der Waals surface area contributed by atoms with E-state index in [0.29, 0.717) is 11.6 Å². The van der Waals surface area contributed by atoms with Crippen LogP contribution >= 0.6 is 23.1 Å². The molecule has 0 aliphatic rings. The number of anilines is 3. The van der Waals surface area contributed by atoms with E-state index in [1.807, 2.05) is 60.2 Å². The van der Waals surface area contributed by atoms with Gasteiger partial charge in [-0.05, 0) is 59.7 Å². The fourth-order valence-electron chi connectivity index (χ4n) is 2.37. The molecular weight excluding hydrogens is 390 g/mol. The fraction of sp³-hybridized carbons (Fsp3) is 0.100. The summed E-state index contributed by atoms with van der Waals surface area (Å²) < 4.78 is 0. The SMILES string of the molecule is Cc1ccc(NC(=O)Nc2cccs2)cc1NCS/C=C(\N)c1cccnc1. The van der Waals surface area contributed by atoms with Crippen molar-refractivity contribution in [3.05, 3.63) is 76.8 Å². The van der Waals surface area contributed by atoms with Crippen LogP contribution in [0.1, 0.15) is 11.1 Å². The number of aromatic nitrogens is 1. The van der Waals surface area contributed by atoms with Crippen LogP contribution in [0.15, 0.2) is 65.6 Å². The molecular formula is C20H21N5OS2. The maximum absolute atomic E-state index is 12.1. The second-order valence-corrected chi connectivity index (χ2v) is 7.69. The Kier molecular flexibility index (Phi) is 6.94. The van der Waals surface area contributed by atoms with E-state index >= 15 is 0 Å². The smallest absolute Gasteiger partial charge is 0.324 e. The number of aryl methyl sites for hydroxylation is 1. The zero-order chi connectivity index (χ0) is 19.8. The first-order chi connectivity index (χ1) is 13.6. The quantitative estimate of drug-likeness (QED) is 0.318. The molecule has 2 aromatic heterocycles. The first-order valence-corrected chi connectivity index (χ1v) is 10.5. The number of rotatable bonds is 7. The van der Waals surface area contributed by atoms with Crippen molar-refractivity contribution in [2.75, 3.05) is 21.8 Å². The van der Waals surface area contributed by atoms with Crippen molar-refractivity contribution in [1.82, 2.24) is 4.98 Å². The molecule has 0 radical (unpaired) electrons. The predicted octanol–water partition coefficient (Wildman–Crippen LogP) is 5.16. The summed E-state index contributed by atoms with van der Waals surface area (Å²) >= 11 is 3.03. The number of nitrogens with two attached hydrogens (primary N) is 1. The third-order valence-electron chi connectivity index (χ3n) is 3.80. The Hall–Kier alpha value is -2.97. The van der Waals surface area contributed by atoms with Crippen LogP contribution in [0.25, 0.3) is 5.70 Å². The van der Waals surface area contributed by atoms with E-state index in [-0.39, 0.29) is 6.03 Å². The lowest BCUT2D eigenvalue weighted by atomic mass is 10.2. The van der Waals surface area contributed by atoms with Crippen LogP contribution in [-0.2, 0) is 0 Å². The second-order valence-electron chi connectivity index (χ2n) is 5.89. The van der Waals surface area contributed by atoms with Gasteiger partial charge >= 0.3 is 6.03 Å². The lowest BCUT2D eigenvalue weighted by Gasteiger charge is -2.12. The lowest BCUT2D eigenvalue weighted by molar-refractivity contribution is 0.262. The van der Waals surface area contributed by atoms with Crippen LogP contribution in [0.4, 0.5) is 21.2 Å². The van der Waals surface area contributed by atoms with Gasteiger partial charge in [-0.25, -0.2) is 4.79 Å². The number of urea groups is 1. The van der Waals surface area contributed by atoms with Gasteiger partial charge in [0.15, 0.2) is 0 Å². The molecule has 0 atom stereocenters. The van der Waals surface area contributed by atoms with Crippen molar-refractivity contribution in [3.63, 3.8) is 0 Å². The number of nitrogens with zero attached hydrogens (tertiary/aromatic N) is 1. The Morgan fingerprint density at radius 2 is 2.14 bits per heavy atom. The molecule has 6 nitrogen and oxygen atoms in total. The van der Waals surface area contributed by atoms with Crippen molar-refractivity contribution in [2.45, 2.75) is 6.92 Å². The largest absolute Gasteiger partial charge is 0.398 e. The van der Waals surface area contributed by atoms with Crippen molar-refractivity contribution in [3.8, 4) is 0 Å². The monoisotopic (exact) mass is 411 g/mol. The van der Waals surface area contributed by atoms with E-state index in [0.717, 1.165) is 27.5 Å². The molecule has 0 saturated carbocycles. The standard InChI is InChI=1S/C20H21N5OS2/c1-14-6-7-16(24-20(26)25-19-5-3-9-28-19)10-18(14)23-13-27-12-17(21)15-4-2-8-22-11-15/h2-12,23H,13,21H2,1H3,(H2,24,25,26)/b17-12-. The molecule has 0 unspecified atom stereocenters. The van der Waals surface area contributed by atoms with Gasteiger partial charge in [-0.3, -0.25) is 10.3 Å². The van der Waals surface area contributed by atoms with Gasteiger partial charge < -0.3 is 16.4 Å². The third kappa shape index (κ3) is 5.77. The number of thioether (sulfide) groups is 1. The molecule has 144 valence electrons. The normalized spacial score (nSPS) is 11.1. The summed E-state index contributed by atoms with van der Waals surface area (Å²) in [5.74, 6) is 0.645. The lowest BCUT2D eigenvalue weighted by Crippen LogP contribution is -2.18. The van der Waals surface area contributed by atoms with Gasteiger partial charge in [0.05, 0.1) is 10.9 Å². The summed E-state index contributed by atoms with van der Waals surface area (Å²) in [5.41, 5.74) is 10.4. The average molecular weight is 412 g/mol. The number of carbonyl (C=O) groups excluding carboxylic acids is 1. The molecule has 0 fully saturated rings. The summed E-state index contributed by atoms with van der Waals surface area (Å²) in [6, 6.07) is 13.0. The van der Waals surface area contributed by atoms with E-state index in [9.17, 15) is 4.79 Å². The molecule has 0 aliphatic carbocycles. The highest BCUT2D eigenvalue weighted by molar-refractivity contribution is 8.02. The molecule has 2 amide bonds. The third-order valence-corrected chi connectivity index (χ3v) is 5.32. The molecule has 28 heavy (non-hydrogen) atoms. The fourth-order valence-corrected chi connectivity index (χ4v) is 3.62. The first kappa shape index (κ1) is 19.8. The van der Waals surface area contributed by atoms with Gasteiger partial charge in [-0.1, -0.05) is 6.07 Å². The minimum Gasteiger partial charge on any atom is -0.398 e. The molecule has 5 N–H and O–H groups in total. The molecule has 0 spiro atoms. The maximum Gasteiger partial charge on any atom is 0.324 e. The van der Waals surface area contributed by atoms with Crippen LogP contribution in [0.3, 0.4) is 0 Å². The number of hydrogen-bond acceptors (Lipinski definition) is 6. The molecule has 0 bridgehead atoms. The Bertz CT molecular complexity index is 942. The van der Waals surface area contributed by atoms with E-state index < -0.39 is 0 Å². The summed E-state index contributed by atoms with van der Waals surface area (Å²) in [4.78, 5) is 16.1. The Balaban J connectivity index is 1.54. The first-order valence-electron chi connectivity index (χ1n) is 8.55. The van der Waals surface area contributed by atoms with Gasteiger partial charge in [-0.15, -0.1) is 23.1 Å². The topological polar surface area (TPSA) is 92.1 Å². The van der Waals surface area contributed by atoms with Crippen LogP contribution in [-0.4, -0.2) is 16.9 Å². The minimum absolute atomic E-state index is 0.265. The maximum atomic E-state index is 12.1. The van der Waals surface area contributed by atoms with Gasteiger partial charge in [0.1, 0.15) is 0 Å². The zero-order valence-corrected chi connectivity index (χ0v) is 16.9. The van der Waals surface area contributed by atoms with Gasteiger partial charge in [0, 0.05) is 35.0 Å². The number of hydrogen-bond donors (Lipinski definition) is 4. The van der Waals surface area contributed by atoms with Crippen LogP contribution in [0.5, 0.6) is 0 Å². The molecule has 0 aliphatic heterocycles. The van der Waals surface area contributed by atoms with Crippen molar-refractivity contribution in [1.29, 1.82) is 0 Å². The number of thiophene rings is 1. The number of amides is 2. The highest BCUT2D eigenvalue weighted by Gasteiger charge is 2.05. The van der Waals surface area contributed by atoms with Crippen molar-refractivity contribution < 1.29 is 4.79 Å².